The summed E-state index contributed by atoms with van der Waals surface area (Å²) in [6.45, 7) is -1.21. The van der Waals surface area contributed by atoms with Crippen molar-refractivity contribution in [3.05, 3.63) is 34.4 Å². The van der Waals surface area contributed by atoms with Crippen LogP contribution in [0.1, 0.15) is 4.88 Å². The highest BCUT2D eigenvalue weighted by Crippen LogP contribution is 2.19. The van der Waals surface area contributed by atoms with E-state index in [0.717, 1.165) is 11.1 Å². The smallest absolute Gasteiger partial charge is 0.405 e. The van der Waals surface area contributed by atoms with Gasteiger partial charge in [0.05, 0.1) is 6.20 Å². The van der Waals surface area contributed by atoms with Crippen molar-refractivity contribution < 1.29 is 22.3 Å². The molecule has 108 valence electrons. The van der Waals surface area contributed by atoms with Crippen LogP contribution in [0.15, 0.2) is 23.7 Å². The average Bonchev–Trinajstić information content (AvgIpc) is 2.88. The summed E-state index contributed by atoms with van der Waals surface area (Å²) in [4.78, 5) is 8.01. The fourth-order valence-electron chi connectivity index (χ4n) is 1.26. The summed E-state index contributed by atoms with van der Waals surface area (Å²) in [5.41, 5.74) is 0. The molecule has 0 radical (unpaired) electrons. The molecule has 0 unspecified atom stereocenters. The zero-order chi connectivity index (χ0) is 14.6. The Labute approximate surface area is 115 Å². The third-order valence-electron chi connectivity index (χ3n) is 2.10. The van der Waals surface area contributed by atoms with Gasteiger partial charge in [-0.3, -0.25) is 0 Å². The van der Waals surface area contributed by atoms with E-state index in [9.17, 15) is 17.6 Å². The molecule has 0 fully saturated rings. The van der Waals surface area contributed by atoms with Crippen molar-refractivity contribution in [3.8, 4) is 6.01 Å². The summed E-state index contributed by atoms with van der Waals surface area (Å²) in [6.07, 6.45) is -3.70. The average molecular weight is 307 g/mol. The third kappa shape index (κ3) is 4.34. The molecule has 2 aromatic heterocycles. The number of thiophene rings is 1. The van der Waals surface area contributed by atoms with Crippen molar-refractivity contribution >= 4 is 17.2 Å². The fourth-order valence-corrected chi connectivity index (χ4v) is 1.87. The first kappa shape index (κ1) is 14.5. The Morgan fingerprint density at radius 3 is 2.80 bits per heavy atom. The molecule has 0 saturated heterocycles. The van der Waals surface area contributed by atoms with E-state index in [4.69, 9.17) is 4.74 Å². The first-order valence-corrected chi connectivity index (χ1v) is 6.30. The largest absolute Gasteiger partial charge is 0.458 e. The number of aromatic nitrogens is 2. The predicted octanol–water partition coefficient (Wildman–Crippen LogP) is 3.23. The molecule has 0 saturated carbocycles. The summed E-state index contributed by atoms with van der Waals surface area (Å²) < 4.78 is 54.6. The van der Waals surface area contributed by atoms with Gasteiger partial charge in [0, 0.05) is 4.88 Å². The lowest BCUT2D eigenvalue weighted by Crippen LogP contribution is -2.22. The molecule has 0 aliphatic carbocycles. The van der Waals surface area contributed by atoms with Crippen LogP contribution in [-0.2, 0) is 6.61 Å². The van der Waals surface area contributed by atoms with Crippen LogP contribution in [0.25, 0.3) is 0 Å². The number of ether oxygens (including phenoxy) is 1. The van der Waals surface area contributed by atoms with Crippen molar-refractivity contribution in [1.82, 2.24) is 9.97 Å². The van der Waals surface area contributed by atoms with E-state index in [1.165, 1.54) is 11.3 Å². The van der Waals surface area contributed by atoms with Gasteiger partial charge in [0.2, 0.25) is 0 Å². The Morgan fingerprint density at radius 2 is 2.15 bits per heavy atom. The molecule has 0 amide bonds. The second kappa shape index (κ2) is 6.04. The van der Waals surface area contributed by atoms with Crippen molar-refractivity contribution in [2.45, 2.75) is 12.8 Å². The number of anilines is 1. The van der Waals surface area contributed by atoms with Gasteiger partial charge in [-0.25, -0.2) is 9.37 Å². The van der Waals surface area contributed by atoms with Crippen molar-refractivity contribution in [2.75, 3.05) is 11.9 Å². The summed E-state index contributed by atoms with van der Waals surface area (Å²) in [5, 5.41) is 3.71. The number of hydrogen-bond acceptors (Lipinski definition) is 5. The van der Waals surface area contributed by atoms with Gasteiger partial charge in [0.25, 0.3) is 0 Å². The molecule has 0 spiro atoms. The van der Waals surface area contributed by atoms with E-state index in [1.807, 2.05) is 22.8 Å². The zero-order valence-electron chi connectivity index (χ0n) is 9.95. The molecule has 9 heteroatoms. The van der Waals surface area contributed by atoms with Gasteiger partial charge < -0.3 is 10.1 Å². The monoisotopic (exact) mass is 307 g/mol. The number of alkyl halides is 3. The molecular formula is C11H9F4N3OS. The molecule has 0 atom stereocenters. The Kier molecular flexibility index (Phi) is 4.38. The van der Waals surface area contributed by atoms with Crippen LogP contribution in [0.3, 0.4) is 0 Å². The molecule has 1 N–H and O–H groups in total. The maximum atomic E-state index is 13.3. The molecule has 2 heterocycles. The molecular weight excluding hydrogens is 298 g/mol. The highest BCUT2D eigenvalue weighted by atomic mass is 32.1. The lowest BCUT2D eigenvalue weighted by molar-refractivity contribution is -0.115. The van der Waals surface area contributed by atoms with Gasteiger partial charge in [0.1, 0.15) is 13.2 Å². The summed E-state index contributed by atoms with van der Waals surface area (Å²) >= 11 is 1.44. The summed E-state index contributed by atoms with van der Waals surface area (Å²) in [7, 11) is 0. The molecule has 20 heavy (non-hydrogen) atoms. The van der Waals surface area contributed by atoms with Gasteiger partial charge in [-0.2, -0.15) is 18.2 Å². The van der Waals surface area contributed by atoms with Crippen LogP contribution in [0.4, 0.5) is 23.4 Å². The molecule has 0 aliphatic rings. The lowest BCUT2D eigenvalue weighted by atomic mass is 10.5. The lowest BCUT2D eigenvalue weighted by Gasteiger charge is -2.10. The number of halogens is 4. The third-order valence-corrected chi connectivity index (χ3v) is 2.95. The topological polar surface area (TPSA) is 47.0 Å². The van der Waals surface area contributed by atoms with Crippen LogP contribution in [-0.4, -0.2) is 22.7 Å². The second-order valence-corrected chi connectivity index (χ2v) is 4.72. The van der Waals surface area contributed by atoms with Crippen LogP contribution < -0.4 is 10.1 Å². The second-order valence-electron chi connectivity index (χ2n) is 3.69. The minimum atomic E-state index is -4.46. The maximum Gasteiger partial charge on any atom is 0.405 e. The SMILES string of the molecule is Fc1cnc(OCc2cccs2)nc1NCC(F)(F)F. The number of nitrogens with zero attached hydrogens (tertiary/aromatic N) is 2. The molecule has 0 aliphatic heterocycles. The maximum absolute atomic E-state index is 13.3. The van der Waals surface area contributed by atoms with E-state index < -0.39 is 24.4 Å². The predicted molar refractivity (Wildman–Crippen MR) is 65.2 cm³/mol. The van der Waals surface area contributed by atoms with Crippen molar-refractivity contribution in [2.24, 2.45) is 0 Å². The molecule has 4 nitrogen and oxygen atoms in total. The van der Waals surface area contributed by atoms with E-state index in [2.05, 4.69) is 9.97 Å². The van der Waals surface area contributed by atoms with Crippen molar-refractivity contribution in [1.29, 1.82) is 0 Å². The first-order valence-electron chi connectivity index (χ1n) is 5.42. The Balaban J connectivity index is 2.00. The standard InChI is InChI=1S/C11H9F4N3OS/c12-8-4-16-10(19-5-7-2-1-3-20-7)18-9(8)17-6-11(13,14)15/h1-4H,5-6H2,(H,16,17,18). The minimum absolute atomic E-state index is 0.169. The Hall–Kier alpha value is -1.90. The van der Waals surface area contributed by atoms with Gasteiger partial charge in [-0.1, -0.05) is 6.07 Å². The van der Waals surface area contributed by atoms with E-state index in [-0.39, 0.29) is 12.6 Å². The quantitative estimate of drug-likeness (QED) is 0.862. The van der Waals surface area contributed by atoms with Gasteiger partial charge in [0.15, 0.2) is 11.6 Å². The molecule has 2 rings (SSSR count). The first-order chi connectivity index (χ1) is 9.44. The van der Waals surface area contributed by atoms with Crippen LogP contribution in [0.5, 0.6) is 6.01 Å². The Bertz CT molecular complexity index is 559. The van der Waals surface area contributed by atoms with E-state index >= 15 is 0 Å². The van der Waals surface area contributed by atoms with Crippen LogP contribution in [0.2, 0.25) is 0 Å². The number of nitrogens with one attached hydrogen (secondary N) is 1. The van der Waals surface area contributed by atoms with Gasteiger partial charge >= 0.3 is 12.2 Å². The van der Waals surface area contributed by atoms with Gasteiger partial charge in [-0.15, -0.1) is 11.3 Å². The highest BCUT2D eigenvalue weighted by Gasteiger charge is 2.27. The van der Waals surface area contributed by atoms with Crippen LogP contribution >= 0.6 is 11.3 Å². The van der Waals surface area contributed by atoms with E-state index in [1.54, 1.807) is 0 Å². The number of rotatable bonds is 5. The minimum Gasteiger partial charge on any atom is -0.458 e. The zero-order valence-corrected chi connectivity index (χ0v) is 10.8. The van der Waals surface area contributed by atoms with Crippen LogP contribution in [0, 0.1) is 5.82 Å². The normalized spacial score (nSPS) is 11.4. The summed E-state index contributed by atoms with van der Waals surface area (Å²) in [5.74, 6) is -1.52. The summed E-state index contributed by atoms with van der Waals surface area (Å²) in [6, 6.07) is 3.45. The van der Waals surface area contributed by atoms with Crippen molar-refractivity contribution in [3.63, 3.8) is 0 Å². The Morgan fingerprint density at radius 1 is 1.35 bits per heavy atom. The highest BCUT2D eigenvalue weighted by molar-refractivity contribution is 7.09. The number of hydrogen-bond donors (Lipinski definition) is 1. The molecule has 2 aromatic rings. The fraction of sp³-hybridized carbons (Fsp3) is 0.273. The van der Waals surface area contributed by atoms with E-state index in [0.29, 0.717) is 0 Å². The van der Waals surface area contributed by atoms with Gasteiger partial charge in [-0.05, 0) is 11.4 Å². The molecule has 0 aromatic carbocycles. The molecule has 0 bridgehead atoms.